The highest BCUT2D eigenvalue weighted by atomic mass is 14.4. The van der Waals surface area contributed by atoms with Gasteiger partial charge in [0.1, 0.15) is 0 Å². The van der Waals surface area contributed by atoms with Crippen LogP contribution in [0.1, 0.15) is 73.1 Å². The van der Waals surface area contributed by atoms with Crippen LogP contribution in [0, 0.1) is 0 Å². The zero-order chi connectivity index (χ0) is 57.2. The normalized spacial score (nSPS) is 14.6. The van der Waals surface area contributed by atoms with Crippen molar-refractivity contribution in [1.82, 2.24) is 0 Å². The fourth-order valence-electron chi connectivity index (χ4n) is 15.9. The molecule has 0 nitrogen and oxygen atoms in total. The summed E-state index contributed by atoms with van der Waals surface area (Å²) in [6.07, 6.45) is 9.09. The lowest BCUT2D eigenvalue weighted by molar-refractivity contribution is 0.660. The van der Waals surface area contributed by atoms with Crippen molar-refractivity contribution in [2.45, 2.75) is 51.4 Å². The second kappa shape index (κ2) is 18.2. The lowest BCUT2D eigenvalue weighted by atomic mass is 9.79. The molecule has 0 aliphatic heterocycles. The summed E-state index contributed by atoms with van der Waals surface area (Å²) in [5.74, 6) is 0. The molecule has 404 valence electrons. The Labute approximate surface area is 503 Å². The Morgan fingerprint density at radius 3 is 1.10 bits per heavy atom. The van der Waals surface area contributed by atoms with E-state index in [-0.39, 0.29) is 10.8 Å². The van der Waals surface area contributed by atoms with E-state index >= 15 is 0 Å². The Balaban J connectivity index is 0.569. The summed E-state index contributed by atoms with van der Waals surface area (Å²) in [4.78, 5) is 0. The van der Waals surface area contributed by atoms with Crippen LogP contribution < -0.4 is 0 Å². The number of fused-ring (bicyclic) bond motifs is 9. The molecule has 0 saturated carbocycles. The van der Waals surface area contributed by atoms with Gasteiger partial charge in [0, 0.05) is 10.8 Å². The van der Waals surface area contributed by atoms with Gasteiger partial charge in [0.05, 0.1) is 0 Å². The van der Waals surface area contributed by atoms with Crippen molar-refractivity contribution in [3.63, 3.8) is 0 Å². The maximum Gasteiger partial charge on any atom is 0.0159 e. The Bertz CT molecular complexity index is 5120. The third kappa shape index (κ3) is 7.23. The molecule has 0 spiro atoms. The molecule has 0 bridgehead atoms. The van der Waals surface area contributed by atoms with Crippen molar-refractivity contribution in [2.24, 2.45) is 0 Å². The SMILES string of the molecule is CC1(C)c2cc(-c3ccc(-c4ccc(-c5ccc(-c6ccc7c8c(cccc68)-c6ccccc6-7)cc5)cc4)cc3)ccc2-c2ccc(-c3ccc4c(c3)C(C)(C)c3cc(-c5ccc(-c6ccc7c8c9c(ccc68)C=CCC9=CC7)cc5)ccc3-4)cc21. The summed E-state index contributed by atoms with van der Waals surface area (Å²) in [5.41, 5.74) is 39.2. The molecule has 0 radical (unpaired) electrons. The Morgan fingerprint density at radius 2 is 0.628 bits per heavy atom. The summed E-state index contributed by atoms with van der Waals surface area (Å²) in [6.45, 7) is 9.63. The molecule has 13 aromatic carbocycles. The highest BCUT2D eigenvalue weighted by Crippen LogP contribution is 2.55. The van der Waals surface area contributed by atoms with Crippen LogP contribution in [0.4, 0.5) is 0 Å². The molecule has 0 saturated heterocycles. The number of benzene rings is 13. The summed E-state index contributed by atoms with van der Waals surface area (Å²) in [7, 11) is 0. The van der Waals surface area contributed by atoms with E-state index in [1.807, 2.05) is 0 Å². The Kier molecular flexibility index (Phi) is 10.4. The van der Waals surface area contributed by atoms with Gasteiger partial charge in [-0.05, 0) is 226 Å². The highest BCUT2D eigenvalue weighted by molar-refractivity contribution is 6.19. The predicted molar refractivity (Wildman–Crippen MR) is 364 cm³/mol. The second-order valence-electron chi connectivity index (χ2n) is 25.8. The molecule has 18 rings (SSSR count). The van der Waals surface area contributed by atoms with E-state index in [1.54, 1.807) is 0 Å². The quantitative estimate of drug-likeness (QED) is 0.149. The molecule has 0 aromatic heterocycles. The first-order valence-corrected chi connectivity index (χ1v) is 30.7. The van der Waals surface area contributed by atoms with Gasteiger partial charge >= 0.3 is 0 Å². The first-order valence-electron chi connectivity index (χ1n) is 30.7. The van der Waals surface area contributed by atoms with Gasteiger partial charge in [-0.1, -0.05) is 270 Å². The molecule has 0 atom stereocenters. The Hall–Kier alpha value is -10.1. The molecule has 0 unspecified atom stereocenters. The van der Waals surface area contributed by atoms with Crippen LogP contribution in [0.3, 0.4) is 0 Å². The van der Waals surface area contributed by atoms with Crippen LogP contribution in [0.15, 0.2) is 261 Å². The highest BCUT2D eigenvalue weighted by Gasteiger charge is 2.38. The fourth-order valence-corrected chi connectivity index (χ4v) is 15.9. The Morgan fingerprint density at radius 1 is 0.267 bits per heavy atom. The van der Waals surface area contributed by atoms with E-state index in [0.717, 1.165) is 12.8 Å². The maximum atomic E-state index is 2.48. The van der Waals surface area contributed by atoms with Gasteiger partial charge in [-0.15, -0.1) is 0 Å². The molecule has 5 aliphatic rings. The first kappa shape index (κ1) is 49.3. The largest absolute Gasteiger partial charge is 0.0795 e. The molecule has 86 heavy (non-hydrogen) atoms. The van der Waals surface area contributed by atoms with Gasteiger partial charge in [-0.3, -0.25) is 0 Å². The molecule has 0 heterocycles. The van der Waals surface area contributed by atoms with Crippen molar-refractivity contribution in [2.75, 3.05) is 0 Å². The van der Waals surface area contributed by atoms with Crippen molar-refractivity contribution < 1.29 is 0 Å². The molecule has 0 heteroatoms. The molecule has 13 aromatic rings. The lowest BCUT2D eigenvalue weighted by Crippen LogP contribution is -2.15. The van der Waals surface area contributed by atoms with Gasteiger partial charge in [0.2, 0.25) is 0 Å². The molecule has 0 amide bonds. The summed E-state index contributed by atoms with van der Waals surface area (Å²) < 4.78 is 0. The fraction of sp³-hybridized carbons (Fsp3) is 0.0930. The van der Waals surface area contributed by atoms with Crippen molar-refractivity contribution in [3.8, 4) is 122 Å². The number of hydrogen-bond donors (Lipinski definition) is 0. The first-order chi connectivity index (χ1) is 42.1. The van der Waals surface area contributed by atoms with Gasteiger partial charge in [-0.25, -0.2) is 0 Å². The lowest BCUT2D eigenvalue weighted by Gasteiger charge is -2.24. The summed E-state index contributed by atoms with van der Waals surface area (Å²) in [5, 5.41) is 5.49. The predicted octanol–water partition coefficient (Wildman–Crippen LogP) is 23.3. The van der Waals surface area contributed by atoms with Crippen LogP contribution in [-0.4, -0.2) is 0 Å². The smallest absolute Gasteiger partial charge is 0.0159 e. The average molecular weight is 1090 g/mol. The van der Waals surface area contributed by atoms with E-state index in [0.29, 0.717) is 0 Å². The number of hydrogen-bond acceptors (Lipinski definition) is 0. The molecular weight excluding hydrogens is 1030 g/mol. The number of allylic oxidation sites excluding steroid dienone is 3. The zero-order valence-electron chi connectivity index (χ0n) is 48.8. The van der Waals surface area contributed by atoms with Crippen molar-refractivity contribution in [1.29, 1.82) is 0 Å². The zero-order valence-corrected chi connectivity index (χ0v) is 48.8. The van der Waals surface area contributed by atoms with Crippen molar-refractivity contribution in [3.05, 3.63) is 300 Å². The van der Waals surface area contributed by atoms with E-state index < -0.39 is 0 Å². The van der Waals surface area contributed by atoms with Crippen molar-refractivity contribution >= 4 is 33.2 Å². The average Bonchev–Trinajstić information content (AvgIpc) is 1.76. The standard InChI is InChI=1S/C86H60/c1-85(2)78-47-62(55-21-19-53(20-22-55)51-15-17-52(18-16-51)54-23-27-58(28-24-54)67-45-46-77-69-12-6-5-11-68(69)75-14-8-13-74(67)84(75)77)35-40-70(78)72-42-37-64(49-80(72)85)65-38-43-73-71-41-36-63(48-79(71)86(3,4)81(73)50-65)56-25-29-57(30-26-56)66-39-33-61-32-31-59-9-7-10-60-34-44-76(66)83(61)82(59)60/h5-8,10-31,33-50H,9,32H2,1-4H3. The molecule has 0 N–H and O–H groups in total. The van der Waals surface area contributed by atoms with E-state index in [2.05, 4.69) is 295 Å². The minimum Gasteiger partial charge on any atom is -0.0795 e. The maximum absolute atomic E-state index is 2.48. The van der Waals surface area contributed by atoms with Crippen LogP contribution in [-0.2, 0) is 17.3 Å². The topological polar surface area (TPSA) is 0 Å². The minimum absolute atomic E-state index is 0.154. The van der Waals surface area contributed by atoms with E-state index in [4.69, 9.17) is 0 Å². The van der Waals surface area contributed by atoms with Gasteiger partial charge in [0.15, 0.2) is 0 Å². The van der Waals surface area contributed by atoms with Crippen LogP contribution in [0.5, 0.6) is 0 Å². The summed E-state index contributed by atoms with van der Waals surface area (Å²) in [6, 6.07) is 94.8. The summed E-state index contributed by atoms with van der Waals surface area (Å²) >= 11 is 0. The number of rotatable bonds is 7. The van der Waals surface area contributed by atoms with E-state index in [9.17, 15) is 0 Å². The molecule has 5 aliphatic carbocycles. The van der Waals surface area contributed by atoms with Crippen LogP contribution in [0.25, 0.3) is 156 Å². The van der Waals surface area contributed by atoms with Crippen LogP contribution in [0.2, 0.25) is 0 Å². The third-order valence-corrected chi connectivity index (χ3v) is 20.6. The molecule has 0 fully saturated rings. The third-order valence-electron chi connectivity index (χ3n) is 20.6. The van der Waals surface area contributed by atoms with Crippen LogP contribution >= 0.6 is 0 Å². The molecular formula is C86H60. The van der Waals surface area contributed by atoms with E-state index in [1.165, 1.54) is 188 Å². The van der Waals surface area contributed by atoms with Gasteiger partial charge in [-0.2, -0.15) is 0 Å². The van der Waals surface area contributed by atoms with Gasteiger partial charge in [0.25, 0.3) is 0 Å². The second-order valence-corrected chi connectivity index (χ2v) is 25.8. The monoisotopic (exact) mass is 1090 g/mol. The van der Waals surface area contributed by atoms with Gasteiger partial charge < -0.3 is 0 Å². The minimum atomic E-state index is -0.159.